The average Bonchev–Trinajstić information content (AvgIpc) is 1.62. The highest BCUT2D eigenvalue weighted by atomic mass is 127. The molecule has 0 aromatic rings. The molecule has 54 valence electrons. The molecule has 0 spiro atoms. The summed E-state index contributed by atoms with van der Waals surface area (Å²) in [5.41, 5.74) is 0. The molecule has 0 heterocycles. The van der Waals surface area contributed by atoms with E-state index in [1.54, 1.807) is 0 Å². The first-order valence-corrected chi connectivity index (χ1v) is 6.19. The fraction of sp³-hybridized carbons (Fsp3) is 0.600. The molecule has 0 N–H and O–H groups in total. The molecular formula is C5H11INOP. The molecule has 2 nitrogen and oxygen atoms in total. The summed E-state index contributed by atoms with van der Waals surface area (Å²) in [6.45, 7) is 5.90. The Balaban J connectivity index is 4.13. The second kappa shape index (κ2) is 3.62. The number of halogens is 1. The lowest BCUT2D eigenvalue weighted by Crippen LogP contribution is -1.87. The Kier molecular flexibility index (Phi) is 3.82. The van der Waals surface area contributed by atoms with Gasteiger partial charge in [0.2, 0.25) is 0 Å². The predicted octanol–water partition coefficient (Wildman–Crippen LogP) is 2.40. The molecule has 0 unspecified atom stereocenters. The summed E-state index contributed by atoms with van der Waals surface area (Å²) in [7, 11) is -1.28. The molecule has 0 aromatic heterocycles. The Morgan fingerprint density at radius 2 is 2.11 bits per heavy atom. The fourth-order valence-electron chi connectivity index (χ4n) is 0.397. The van der Waals surface area contributed by atoms with Gasteiger partial charge in [0, 0.05) is 6.92 Å². The van der Waals surface area contributed by atoms with Crippen molar-refractivity contribution in [2.24, 2.45) is 4.76 Å². The fourth-order valence-corrected chi connectivity index (χ4v) is 1.45. The van der Waals surface area contributed by atoms with Crippen molar-refractivity contribution in [2.75, 3.05) is 13.3 Å². The van der Waals surface area contributed by atoms with Crippen LogP contribution in [0.15, 0.2) is 4.76 Å². The highest BCUT2D eigenvalue weighted by molar-refractivity contribution is 14.1. The van der Waals surface area contributed by atoms with Gasteiger partial charge in [0.25, 0.3) is 0 Å². The number of nitrogens with zero attached hydrogens (tertiary/aromatic N) is 1. The summed E-state index contributed by atoms with van der Waals surface area (Å²) in [6.07, 6.45) is 3.90. The number of hydrogen-bond acceptors (Lipinski definition) is 2. The van der Waals surface area contributed by atoms with E-state index in [1.165, 1.54) is 0 Å². The first kappa shape index (κ1) is 9.50. The van der Waals surface area contributed by atoms with E-state index in [2.05, 4.69) is 11.1 Å². The van der Waals surface area contributed by atoms with Gasteiger partial charge in [0.05, 0.1) is 0 Å². The molecular weight excluding hydrogens is 248 g/mol. The van der Waals surface area contributed by atoms with E-state index in [9.17, 15) is 0 Å². The number of hydrogen-bond donors (Lipinski definition) is 0. The third kappa shape index (κ3) is 6.38. The largest absolute Gasteiger partial charge is 0.413 e. The minimum Gasteiger partial charge on any atom is -0.413 e. The molecule has 0 fully saturated rings. The van der Waals surface area contributed by atoms with Crippen LogP contribution in [0.5, 0.6) is 0 Å². The molecule has 0 aliphatic rings. The predicted molar refractivity (Wildman–Crippen MR) is 54.1 cm³/mol. The molecule has 0 bridgehead atoms. The van der Waals surface area contributed by atoms with Gasteiger partial charge in [-0.05, 0) is 20.4 Å². The van der Waals surface area contributed by atoms with Crippen molar-refractivity contribution in [2.45, 2.75) is 6.92 Å². The maximum Gasteiger partial charge on any atom is 0.195 e. The van der Waals surface area contributed by atoms with Gasteiger partial charge >= 0.3 is 0 Å². The zero-order valence-electron chi connectivity index (χ0n) is 5.89. The van der Waals surface area contributed by atoms with Crippen LogP contribution >= 0.6 is 30.0 Å². The highest BCUT2D eigenvalue weighted by Gasteiger charge is 1.95. The standard InChI is InChI=1S/C5H11INOP/c1-5(8-6)7-9(2,3)4/h2H2,1,3-4H3. The molecule has 4 heteroatoms. The Morgan fingerprint density at radius 3 is 2.22 bits per heavy atom. The van der Waals surface area contributed by atoms with Crippen molar-refractivity contribution in [3.05, 3.63) is 0 Å². The summed E-state index contributed by atoms with van der Waals surface area (Å²) < 4.78 is 9.05. The lowest BCUT2D eigenvalue weighted by Gasteiger charge is -2.04. The van der Waals surface area contributed by atoms with E-state index in [-0.39, 0.29) is 0 Å². The second-order valence-corrected chi connectivity index (χ2v) is 6.20. The van der Waals surface area contributed by atoms with Crippen LogP contribution in [0.4, 0.5) is 0 Å². The van der Waals surface area contributed by atoms with Crippen LogP contribution in [0, 0.1) is 0 Å². The van der Waals surface area contributed by atoms with Crippen LogP contribution in [0.25, 0.3) is 0 Å². The Labute approximate surface area is 70.4 Å². The zero-order valence-corrected chi connectivity index (χ0v) is 8.94. The van der Waals surface area contributed by atoms with E-state index in [0.717, 1.165) is 0 Å². The van der Waals surface area contributed by atoms with Gasteiger partial charge < -0.3 is 3.07 Å². The van der Waals surface area contributed by atoms with Gasteiger partial charge in [-0.2, -0.15) is 0 Å². The first-order chi connectivity index (χ1) is 3.95. The van der Waals surface area contributed by atoms with E-state index in [4.69, 9.17) is 3.07 Å². The van der Waals surface area contributed by atoms with Crippen molar-refractivity contribution >= 4 is 42.2 Å². The van der Waals surface area contributed by atoms with Gasteiger partial charge in [-0.3, -0.25) is 0 Å². The monoisotopic (exact) mass is 259 g/mol. The van der Waals surface area contributed by atoms with Gasteiger partial charge in [0.1, 0.15) is 0 Å². The maximum absolute atomic E-state index is 4.83. The lowest BCUT2D eigenvalue weighted by atomic mass is 10.8. The van der Waals surface area contributed by atoms with Crippen LogP contribution in [0.2, 0.25) is 0 Å². The van der Waals surface area contributed by atoms with Crippen LogP contribution in [0.1, 0.15) is 6.92 Å². The summed E-state index contributed by atoms with van der Waals surface area (Å²) in [4.78, 5) is 0. The van der Waals surface area contributed by atoms with E-state index >= 15 is 0 Å². The first-order valence-electron chi connectivity index (χ1n) is 2.49. The summed E-state index contributed by atoms with van der Waals surface area (Å²) in [5.74, 6) is 0.712. The Hall–Kier alpha value is 0.500. The van der Waals surface area contributed by atoms with Crippen LogP contribution in [-0.2, 0) is 3.07 Å². The lowest BCUT2D eigenvalue weighted by molar-refractivity contribution is 0.716. The average molecular weight is 259 g/mol. The van der Waals surface area contributed by atoms with Gasteiger partial charge in [-0.15, -0.1) is 0 Å². The van der Waals surface area contributed by atoms with E-state index < -0.39 is 7.04 Å². The van der Waals surface area contributed by atoms with Gasteiger partial charge in [0.15, 0.2) is 28.9 Å². The SMILES string of the molecule is C=P(C)(C)N=C(C)OI. The van der Waals surface area contributed by atoms with Crippen molar-refractivity contribution in [3.63, 3.8) is 0 Å². The highest BCUT2D eigenvalue weighted by Crippen LogP contribution is 2.37. The van der Waals surface area contributed by atoms with Crippen molar-refractivity contribution < 1.29 is 3.07 Å². The second-order valence-electron chi connectivity index (χ2n) is 2.32. The number of rotatable bonds is 1. The molecule has 0 aromatic carbocycles. The minimum atomic E-state index is -1.28. The Morgan fingerprint density at radius 1 is 1.67 bits per heavy atom. The molecule has 0 radical (unpaired) electrons. The minimum absolute atomic E-state index is 0.712. The topological polar surface area (TPSA) is 21.6 Å². The molecule has 0 atom stereocenters. The molecule has 0 aliphatic carbocycles. The van der Waals surface area contributed by atoms with Gasteiger partial charge in [-0.25, -0.2) is 4.76 Å². The van der Waals surface area contributed by atoms with Crippen molar-refractivity contribution in [3.8, 4) is 0 Å². The third-order valence-electron chi connectivity index (χ3n) is 0.523. The normalized spacial score (nSPS) is 13.6. The molecule has 0 saturated carbocycles. The molecule has 0 amide bonds. The third-order valence-corrected chi connectivity index (χ3v) is 1.98. The maximum atomic E-state index is 4.83. The molecule has 0 aliphatic heterocycles. The van der Waals surface area contributed by atoms with E-state index in [0.29, 0.717) is 5.90 Å². The van der Waals surface area contributed by atoms with Crippen LogP contribution < -0.4 is 0 Å². The van der Waals surface area contributed by atoms with Crippen LogP contribution in [0.3, 0.4) is 0 Å². The van der Waals surface area contributed by atoms with E-state index in [1.807, 2.05) is 43.3 Å². The summed E-state index contributed by atoms with van der Waals surface area (Å²) in [5, 5.41) is 0. The quantitative estimate of drug-likeness (QED) is 0.306. The molecule has 9 heavy (non-hydrogen) atoms. The Bertz CT molecular complexity index is 160. The van der Waals surface area contributed by atoms with Crippen LogP contribution in [-0.4, -0.2) is 25.5 Å². The van der Waals surface area contributed by atoms with Gasteiger partial charge in [-0.1, -0.05) is 6.30 Å². The smallest absolute Gasteiger partial charge is 0.195 e. The van der Waals surface area contributed by atoms with Crippen molar-refractivity contribution in [1.82, 2.24) is 0 Å². The molecule has 0 saturated heterocycles. The zero-order chi connectivity index (χ0) is 7.49. The molecule has 0 rings (SSSR count). The van der Waals surface area contributed by atoms with Crippen molar-refractivity contribution in [1.29, 1.82) is 0 Å². The summed E-state index contributed by atoms with van der Waals surface area (Å²) >= 11 is 1.81. The summed E-state index contributed by atoms with van der Waals surface area (Å²) in [6, 6.07) is 0.